The molecule has 0 saturated carbocycles. The van der Waals surface area contributed by atoms with Crippen molar-refractivity contribution in [1.29, 1.82) is 0 Å². The van der Waals surface area contributed by atoms with Crippen LogP contribution in [0.15, 0.2) is 30.5 Å². The molecule has 0 unspecified atom stereocenters. The van der Waals surface area contributed by atoms with Gasteiger partial charge in [-0.1, -0.05) is 12.1 Å². The molecule has 3 rings (SSSR count). The summed E-state index contributed by atoms with van der Waals surface area (Å²) in [5.41, 5.74) is 8.33. The molecule has 6 nitrogen and oxygen atoms in total. The third kappa shape index (κ3) is 4.24. The van der Waals surface area contributed by atoms with Crippen LogP contribution in [0.2, 0.25) is 0 Å². The summed E-state index contributed by atoms with van der Waals surface area (Å²) in [5.74, 6) is 0.0408. The summed E-state index contributed by atoms with van der Waals surface area (Å²) in [6, 6.07) is 6.27. The molecule has 1 aliphatic rings. The molecule has 1 atom stereocenters. The van der Waals surface area contributed by atoms with E-state index in [0.29, 0.717) is 19.6 Å². The second-order valence-electron chi connectivity index (χ2n) is 6.73. The molecule has 1 fully saturated rings. The van der Waals surface area contributed by atoms with Crippen LogP contribution in [0, 0.1) is 5.82 Å². The summed E-state index contributed by atoms with van der Waals surface area (Å²) >= 11 is 0. The van der Waals surface area contributed by atoms with Crippen molar-refractivity contribution in [3.8, 4) is 11.1 Å². The number of anilines is 1. The highest BCUT2D eigenvalue weighted by Crippen LogP contribution is 2.36. The second-order valence-corrected chi connectivity index (χ2v) is 6.73. The second kappa shape index (κ2) is 8.43. The molecule has 1 saturated heterocycles. The number of nitrogens with zero attached hydrogens (tertiary/aromatic N) is 4. The van der Waals surface area contributed by atoms with Gasteiger partial charge in [-0.2, -0.15) is 0 Å². The first-order valence-corrected chi connectivity index (χ1v) is 9.43. The fourth-order valence-electron chi connectivity index (χ4n) is 3.69. The predicted molar refractivity (Wildman–Crippen MR) is 103 cm³/mol. The third-order valence-corrected chi connectivity index (χ3v) is 5.13. The van der Waals surface area contributed by atoms with E-state index in [-0.39, 0.29) is 23.7 Å². The van der Waals surface area contributed by atoms with E-state index in [4.69, 9.17) is 5.73 Å². The van der Waals surface area contributed by atoms with Gasteiger partial charge in [0, 0.05) is 24.8 Å². The van der Waals surface area contributed by atoms with Gasteiger partial charge in [0.15, 0.2) is 0 Å². The Kier molecular flexibility index (Phi) is 6.01. The molecule has 1 amide bonds. The van der Waals surface area contributed by atoms with Gasteiger partial charge in [0.1, 0.15) is 5.82 Å². The van der Waals surface area contributed by atoms with Crippen molar-refractivity contribution in [2.75, 3.05) is 31.9 Å². The summed E-state index contributed by atoms with van der Waals surface area (Å²) in [5, 5.41) is 0. The van der Waals surface area contributed by atoms with Crippen LogP contribution in [0.1, 0.15) is 38.4 Å². The Morgan fingerprint density at radius 1 is 1.30 bits per heavy atom. The summed E-state index contributed by atoms with van der Waals surface area (Å²) in [7, 11) is 0. The predicted octanol–water partition coefficient (Wildman–Crippen LogP) is 2.87. The number of amides is 1. The highest BCUT2D eigenvalue weighted by molar-refractivity contribution is 5.78. The first-order chi connectivity index (χ1) is 13.0. The molecule has 1 aromatic heterocycles. The van der Waals surface area contributed by atoms with Crippen LogP contribution in [0.4, 0.5) is 10.3 Å². The highest BCUT2D eigenvalue weighted by Gasteiger charge is 2.31. The number of benzene rings is 1. The largest absolute Gasteiger partial charge is 0.368 e. The molecule has 1 aromatic carbocycles. The summed E-state index contributed by atoms with van der Waals surface area (Å²) in [6.45, 7) is 6.58. The smallest absolute Gasteiger partial charge is 0.236 e. The van der Waals surface area contributed by atoms with E-state index in [0.717, 1.165) is 36.2 Å². The maximum absolute atomic E-state index is 13.3. The Balaban J connectivity index is 1.91. The first-order valence-electron chi connectivity index (χ1n) is 9.43. The SMILES string of the molecule is CCN(CC)C(=O)CN1CCC[C@@H]1c1nc(N)ncc1-c1ccc(F)cc1. The number of rotatable bonds is 6. The molecular weight excluding hydrogens is 345 g/mol. The van der Waals surface area contributed by atoms with Crippen LogP contribution in [0.25, 0.3) is 11.1 Å². The number of carbonyl (C=O) groups excluding carboxylic acids is 1. The zero-order valence-electron chi connectivity index (χ0n) is 15.9. The van der Waals surface area contributed by atoms with E-state index in [1.807, 2.05) is 18.7 Å². The standard InChI is InChI=1S/C20H26FN5O/c1-3-25(4-2)18(27)13-26-11-5-6-17(26)19-16(12-23-20(22)24-19)14-7-9-15(21)10-8-14/h7-10,12,17H,3-6,11,13H2,1-2H3,(H2,22,23,24)/t17-/m1/s1. The zero-order chi connectivity index (χ0) is 19.4. The minimum absolute atomic E-state index is 0.00475. The lowest BCUT2D eigenvalue weighted by Gasteiger charge is -2.28. The van der Waals surface area contributed by atoms with Crippen molar-refractivity contribution in [3.05, 3.63) is 42.0 Å². The number of nitrogen functional groups attached to an aromatic ring is 1. The van der Waals surface area contributed by atoms with Gasteiger partial charge in [0.05, 0.1) is 18.3 Å². The van der Waals surface area contributed by atoms with Crippen LogP contribution in [0.3, 0.4) is 0 Å². The van der Waals surface area contributed by atoms with E-state index in [1.165, 1.54) is 12.1 Å². The molecule has 7 heteroatoms. The quantitative estimate of drug-likeness (QED) is 0.845. The van der Waals surface area contributed by atoms with Gasteiger partial charge >= 0.3 is 0 Å². The van der Waals surface area contributed by atoms with E-state index in [1.54, 1.807) is 18.3 Å². The van der Waals surface area contributed by atoms with Crippen molar-refractivity contribution < 1.29 is 9.18 Å². The van der Waals surface area contributed by atoms with Gasteiger partial charge in [0.2, 0.25) is 11.9 Å². The van der Waals surface area contributed by atoms with Gasteiger partial charge in [-0.15, -0.1) is 0 Å². The maximum atomic E-state index is 13.3. The van der Waals surface area contributed by atoms with Crippen molar-refractivity contribution >= 4 is 11.9 Å². The van der Waals surface area contributed by atoms with Gasteiger partial charge in [-0.3, -0.25) is 9.69 Å². The van der Waals surface area contributed by atoms with Crippen LogP contribution < -0.4 is 5.73 Å². The van der Waals surface area contributed by atoms with Crippen LogP contribution in [-0.2, 0) is 4.79 Å². The molecule has 0 bridgehead atoms. The maximum Gasteiger partial charge on any atom is 0.236 e. The number of likely N-dealkylation sites (tertiary alicyclic amines) is 1. The average Bonchev–Trinajstić information content (AvgIpc) is 3.11. The number of aromatic nitrogens is 2. The van der Waals surface area contributed by atoms with Crippen LogP contribution in [0.5, 0.6) is 0 Å². The lowest BCUT2D eigenvalue weighted by Crippen LogP contribution is -2.40. The van der Waals surface area contributed by atoms with Gasteiger partial charge < -0.3 is 10.6 Å². The molecule has 144 valence electrons. The van der Waals surface area contributed by atoms with E-state index in [9.17, 15) is 9.18 Å². The molecule has 1 aliphatic heterocycles. The first kappa shape index (κ1) is 19.2. The third-order valence-electron chi connectivity index (χ3n) is 5.13. The highest BCUT2D eigenvalue weighted by atomic mass is 19.1. The minimum atomic E-state index is -0.288. The number of nitrogens with two attached hydrogens (primary N) is 1. The molecule has 0 spiro atoms. The molecule has 2 aromatic rings. The topological polar surface area (TPSA) is 75.4 Å². The fraction of sp³-hybridized carbons (Fsp3) is 0.450. The van der Waals surface area contributed by atoms with Crippen molar-refractivity contribution in [1.82, 2.24) is 19.8 Å². The summed E-state index contributed by atoms with van der Waals surface area (Å²) < 4.78 is 13.3. The minimum Gasteiger partial charge on any atom is -0.368 e. The number of likely N-dealkylation sites (N-methyl/N-ethyl adjacent to an activating group) is 1. The molecule has 2 N–H and O–H groups in total. The lowest BCUT2D eigenvalue weighted by molar-refractivity contribution is -0.132. The van der Waals surface area contributed by atoms with Crippen LogP contribution >= 0.6 is 0 Å². The zero-order valence-corrected chi connectivity index (χ0v) is 15.9. The Morgan fingerprint density at radius 3 is 2.67 bits per heavy atom. The Bertz CT molecular complexity index is 791. The van der Waals surface area contributed by atoms with Gasteiger partial charge in [0.25, 0.3) is 0 Å². The van der Waals surface area contributed by atoms with Crippen molar-refractivity contribution in [3.63, 3.8) is 0 Å². The van der Waals surface area contributed by atoms with E-state index >= 15 is 0 Å². The molecule has 0 radical (unpaired) electrons. The normalized spacial score (nSPS) is 17.2. The summed E-state index contributed by atoms with van der Waals surface area (Å²) in [6.07, 6.45) is 3.58. The van der Waals surface area contributed by atoms with Crippen molar-refractivity contribution in [2.45, 2.75) is 32.7 Å². The Morgan fingerprint density at radius 2 is 2.00 bits per heavy atom. The van der Waals surface area contributed by atoms with E-state index in [2.05, 4.69) is 14.9 Å². The molecule has 2 heterocycles. The number of halogens is 1. The average molecular weight is 371 g/mol. The Labute approximate surface area is 159 Å². The van der Waals surface area contributed by atoms with Gasteiger partial charge in [-0.05, 0) is 50.9 Å². The fourth-order valence-corrected chi connectivity index (χ4v) is 3.69. The van der Waals surface area contributed by atoms with Crippen LogP contribution in [-0.4, -0.2) is 51.9 Å². The molecular formula is C20H26FN5O. The molecule has 27 heavy (non-hydrogen) atoms. The van der Waals surface area contributed by atoms with Crippen molar-refractivity contribution in [2.24, 2.45) is 0 Å². The monoisotopic (exact) mass is 371 g/mol. The Hall–Kier alpha value is -2.54. The number of hydrogen-bond acceptors (Lipinski definition) is 5. The van der Waals surface area contributed by atoms with E-state index < -0.39 is 0 Å². The molecule has 0 aliphatic carbocycles. The lowest BCUT2D eigenvalue weighted by atomic mass is 10.00. The number of carbonyl (C=O) groups is 1. The number of hydrogen-bond donors (Lipinski definition) is 1. The van der Waals surface area contributed by atoms with Gasteiger partial charge in [-0.25, -0.2) is 14.4 Å². The summed E-state index contributed by atoms with van der Waals surface area (Å²) in [4.78, 5) is 25.2.